The smallest absolute Gasteiger partial charge is 0.265 e. The van der Waals surface area contributed by atoms with Gasteiger partial charge in [0.25, 0.3) is 10.0 Å². The molecule has 0 bridgehead atoms. The Morgan fingerprint density at radius 1 is 1.18 bits per heavy atom. The minimum absolute atomic E-state index is 0.216. The average Bonchev–Trinajstić information content (AvgIpc) is 2.88. The maximum absolute atomic E-state index is 13.0. The van der Waals surface area contributed by atoms with E-state index in [-0.39, 0.29) is 11.4 Å². The first-order valence-electron chi connectivity index (χ1n) is 8.51. The number of nitrogens with one attached hydrogen (secondary N) is 1. The number of halogens is 1. The summed E-state index contributed by atoms with van der Waals surface area (Å²) in [7, 11) is -2.33. The van der Waals surface area contributed by atoms with Crippen LogP contribution in [0.25, 0.3) is 10.8 Å². The van der Waals surface area contributed by atoms with Crippen LogP contribution in [-0.4, -0.2) is 28.0 Å². The van der Waals surface area contributed by atoms with E-state index in [0.29, 0.717) is 27.5 Å². The Bertz CT molecular complexity index is 1220. The van der Waals surface area contributed by atoms with Crippen LogP contribution in [0.3, 0.4) is 0 Å². The van der Waals surface area contributed by atoms with Crippen LogP contribution in [0.2, 0.25) is 5.02 Å². The van der Waals surface area contributed by atoms with Crippen LogP contribution in [0.4, 0.5) is 11.4 Å². The Morgan fingerprint density at radius 3 is 2.61 bits per heavy atom. The van der Waals surface area contributed by atoms with Crippen molar-refractivity contribution in [3.05, 3.63) is 59.1 Å². The number of carbonyl (C=O) groups is 1. The molecule has 1 heterocycles. The van der Waals surface area contributed by atoms with Gasteiger partial charge in [-0.25, -0.2) is 8.42 Å². The van der Waals surface area contributed by atoms with Gasteiger partial charge in [-0.15, -0.1) is 0 Å². The summed E-state index contributed by atoms with van der Waals surface area (Å²) in [5, 5.41) is 4.69. The Balaban J connectivity index is 1.67. The molecule has 0 fully saturated rings. The molecule has 1 aliphatic rings. The summed E-state index contributed by atoms with van der Waals surface area (Å²) in [6.07, 6.45) is 0. The van der Waals surface area contributed by atoms with Gasteiger partial charge in [0.2, 0.25) is 5.91 Å². The van der Waals surface area contributed by atoms with Gasteiger partial charge in [0.15, 0.2) is 0 Å². The van der Waals surface area contributed by atoms with Crippen molar-refractivity contribution in [3.63, 3.8) is 0 Å². The lowest BCUT2D eigenvalue weighted by Crippen LogP contribution is -2.35. The van der Waals surface area contributed by atoms with Gasteiger partial charge >= 0.3 is 0 Å². The van der Waals surface area contributed by atoms with Crippen molar-refractivity contribution in [1.82, 2.24) is 0 Å². The molecule has 144 valence electrons. The second-order valence-corrected chi connectivity index (χ2v) is 8.73. The molecule has 1 aliphatic heterocycles. The van der Waals surface area contributed by atoms with Gasteiger partial charge in [-0.1, -0.05) is 35.9 Å². The minimum Gasteiger partial charge on any atom is -0.495 e. The van der Waals surface area contributed by atoms with Gasteiger partial charge in [0.05, 0.1) is 23.4 Å². The quantitative estimate of drug-likeness (QED) is 0.698. The molecule has 0 saturated heterocycles. The third-order valence-corrected chi connectivity index (χ3v) is 6.93. The predicted molar refractivity (Wildman–Crippen MR) is 110 cm³/mol. The van der Waals surface area contributed by atoms with Gasteiger partial charge in [-0.3, -0.25) is 9.10 Å². The first-order chi connectivity index (χ1) is 13.3. The topological polar surface area (TPSA) is 75.7 Å². The number of hydrogen-bond acceptors (Lipinski definition) is 4. The van der Waals surface area contributed by atoms with Crippen LogP contribution in [0.1, 0.15) is 5.56 Å². The molecule has 0 aromatic heterocycles. The van der Waals surface area contributed by atoms with Gasteiger partial charge in [0, 0.05) is 16.5 Å². The van der Waals surface area contributed by atoms with Crippen LogP contribution >= 0.6 is 11.6 Å². The van der Waals surface area contributed by atoms with Crippen molar-refractivity contribution in [1.29, 1.82) is 0 Å². The van der Waals surface area contributed by atoms with E-state index in [1.165, 1.54) is 7.11 Å². The average molecular weight is 417 g/mol. The number of sulfonamides is 1. The van der Waals surface area contributed by atoms with Gasteiger partial charge in [-0.05, 0) is 36.1 Å². The molecule has 3 aromatic carbocycles. The first-order valence-corrected chi connectivity index (χ1v) is 10.3. The molecule has 28 heavy (non-hydrogen) atoms. The molecular weight excluding hydrogens is 400 g/mol. The zero-order valence-electron chi connectivity index (χ0n) is 15.2. The molecule has 3 aromatic rings. The summed E-state index contributed by atoms with van der Waals surface area (Å²) in [6, 6.07) is 13.7. The van der Waals surface area contributed by atoms with Gasteiger partial charge in [-0.2, -0.15) is 0 Å². The van der Waals surface area contributed by atoms with E-state index in [9.17, 15) is 13.2 Å². The number of amides is 1. The lowest BCUT2D eigenvalue weighted by Gasteiger charge is -2.19. The van der Waals surface area contributed by atoms with E-state index < -0.39 is 15.9 Å². The van der Waals surface area contributed by atoms with Crippen molar-refractivity contribution in [2.45, 2.75) is 11.8 Å². The first kappa shape index (κ1) is 18.6. The molecule has 0 atom stereocenters. The van der Waals surface area contributed by atoms with E-state index in [1.807, 2.05) is 12.1 Å². The molecule has 0 unspecified atom stereocenters. The molecule has 4 rings (SSSR count). The Labute approximate surface area is 167 Å². The van der Waals surface area contributed by atoms with Gasteiger partial charge in [0.1, 0.15) is 12.3 Å². The molecule has 0 spiro atoms. The Kier molecular flexibility index (Phi) is 4.44. The maximum atomic E-state index is 13.0. The van der Waals surface area contributed by atoms with Gasteiger partial charge < -0.3 is 10.1 Å². The standard InChI is InChI=1S/C20H17ClN2O4S/c1-12-9-15(17(27-2)10-14(12)21)22-19(24)11-23-16-7-3-5-13-6-4-8-18(20(13)16)28(23,25)26/h3-10H,11H2,1-2H3,(H,22,24). The molecule has 1 amide bonds. The molecule has 0 saturated carbocycles. The number of carbonyl (C=O) groups excluding carboxylic acids is 1. The number of aryl methyl sites for hydroxylation is 1. The highest BCUT2D eigenvalue weighted by atomic mass is 35.5. The normalized spacial score (nSPS) is 14.3. The number of ether oxygens (including phenoxy) is 1. The number of nitrogens with zero attached hydrogens (tertiary/aromatic N) is 1. The SMILES string of the molecule is COc1cc(Cl)c(C)cc1NC(=O)CN1c2cccc3cccc(c23)S1(=O)=O. The summed E-state index contributed by atoms with van der Waals surface area (Å²) in [5.74, 6) is -0.0768. The lowest BCUT2D eigenvalue weighted by atomic mass is 10.1. The molecular formula is C20H17ClN2O4S. The van der Waals surface area contributed by atoms with E-state index >= 15 is 0 Å². The summed E-state index contributed by atoms with van der Waals surface area (Å²) in [5.41, 5.74) is 1.70. The maximum Gasteiger partial charge on any atom is 0.265 e. The highest BCUT2D eigenvalue weighted by Crippen LogP contribution is 2.41. The highest BCUT2D eigenvalue weighted by molar-refractivity contribution is 7.93. The fourth-order valence-corrected chi connectivity index (χ4v) is 5.20. The number of benzene rings is 3. The Morgan fingerprint density at radius 2 is 1.89 bits per heavy atom. The second kappa shape index (κ2) is 6.68. The summed E-state index contributed by atoms with van der Waals surface area (Å²) >= 11 is 6.09. The van der Waals surface area contributed by atoms with Crippen molar-refractivity contribution in [2.75, 3.05) is 23.3 Å². The largest absolute Gasteiger partial charge is 0.495 e. The van der Waals surface area contributed by atoms with Crippen LogP contribution in [0.5, 0.6) is 5.75 Å². The van der Waals surface area contributed by atoms with Crippen molar-refractivity contribution < 1.29 is 17.9 Å². The van der Waals surface area contributed by atoms with E-state index in [4.69, 9.17) is 16.3 Å². The van der Waals surface area contributed by atoms with E-state index in [2.05, 4.69) is 5.32 Å². The third-order valence-electron chi connectivity index (χ3n) is 4.72. The van der Waals surface area contributed by atoms with E-state index in [0.717, 1.165) is 15.3 Å². The van der Waals surface area contributed by atoms with Crippen molar-refractivity contribution >= 4 is 49.7 Å². The third kappa shape index (κ3) is 2.87. The molecule has 8 heteroatoms. The van der Waals surface area contributed by atoms with Crippen LogP contribution in [-0.2, 0) is 14.8 Å². The highest BCUT2D eigenvalue weighted by Gasteiger charge is 2.36. The number of anilines is 2. The summed E-state index contributed by atoms with van der Waals surface area (Å²) in [4.78, 5) is 12.9. The molecule has 0 aliphatic carbocycles. The van der Waals surface area contributed by atoms with Crippen LogP contribution < -0.4 is 14.4 Å². The number of hydrogen-bond donors (Lipinski definition) is 1. The molecule has 6 nitrogen and oxygen atoms in total. The van der Waals surface area contributed by atoms with Crippen molar-refractivity contribution in [2.24, 2.45) is 0 Å². The predicted octanol–water partition coefficient (Wildman–Crippen LogP) is 3.96. The van der Waals surface area contributed by atoms with Crippen LogP contribution in [0, 0.1) is 6.92 Å². The fourth-order valence-electron chi connectivity index (χ4n) is 3.38. The fraction of sp³-hybridized carbons (Fsp3) is 0.150. The van der Waals surface area contributed by atoms with Crippen LogP contribution in [0.15, 0.2) is 53.4 Å². The number of rotatable bonds is 4. The zero-order valence-corrected chi connectivity index (χ0v) is 16.8. The second-order valence-electron chi connectivity index (χ2n) is 6.49. The zero-order chi connectivity index (χ0) is 20.1. The summed E-state index contributed by atoms with van der Waals surface area (Å²) < 4.78 is 32.4. The number of methoxy groups -OCH3 is 1. The monoisotopic (exact) mass is 416 g/mol. The summed E-state index contributed by atoms with van der Waals surface area (Å²) in [6.45, 7) is 1.46. The Hall–Kier alpha value is -2.77. The lowest BCUT2D eigenvalue weighted by molar-refractivity contribution is -0.114. The minimum atomic E-state index is -3.80. The molecule has 0 radical (unpaired) electrons. The molecule has 1 N–H and O–H groups in total. The van der Waals surface area contributed by atoms with Crippen molar-refractivity contribution in [3.8, 4) is 5.75 Å². The van der Waals surface area contributed by atoms with E-state index in [1.54, 1.807) is 43.3 Å².